The van der Waals surface area contributed by atoms with E-state index in [1.807, 2.05) is 22.8 Å². The minimum atomic E-state index is -1.16. The highest BCUT2D eigenvalue weighted by molar-refractivity contribution is 6.00. The number of amides is 2. The monoisotopic (exact) mass is 478 g/mol. The van der Waals surface area contributed by atoms with Crippen molar-refractivity contribution in [3.05, 3.63) is 65.4 Å². The van der Waals surface area contributed by atoms with Crippen molar-refractivity contribution in [2.24, 2.45) is 5.73 Å². The van der Waals surface area contributed by atoms with Crippen molar-refractivity contribution in [3.8, 4) is 0 Å². The largest absolute Gasteiger partial charge is 0.465 e. The summed E-state index contributed by atoms with van der Waals surface area (Å²) in [5.41, 5.74) is 8.95. The van der Waals surface area contributed by atoms with Crippen LogP contribution in [0.15, 0.2) is 48.5 Å². The fourth-order valence-electron chi connectivity index (χ4n) is 4.48. The minimum absolute atomic E-state index is 0.0712. The van der Waals surface area contributed by atoms with Crippen LogP contribution in [0.4, 0.5) is 10.5 Å². The second kappa shape index (κ2) is 10.6. The van der Waals surface area contributed by atoms with Gasteiger partial charge in [-0.25, -0.2) is 9.59 Å². The molecule has 2 amide bonds. The summed E-state index contributed by atoms with van der Waals surface area (Å²) in [4.78, 5) is 36.4. The molecule has 0 bridgehead atoms. The van der Waals surface area contributed by atoms with Crippen molar-refractivity contribution in [2.75, 3.05) is 11.9 Å². The number of fused-ring (bicyclic) bond motifs is 1. The van der Waals surface area contributed by atoms with E-state index in [0.717, 1.165) is 42.1 Å². The van der Waals surface area contributed by atoms with Crippen LogP contribution in [0.2, 0.25) is 0 Å². The van der Waals surface area contributed by atoms with Crippen molar-refractivity contribution < 1.29 is 24.2 Å². The number of aromatic nitrogens is 1. The number of esters is 1. The summed E-state index contributed by atoms with van der Waals surface area (Å²) in [6, 6.07) is 14.3. The van der Waals surface area contributed by atoms with Crippen LogP contribution in [-0.2, 0) is 11.3 Å². The fraction of sp³-hybridized carbons (Fsp3) is 0.346. The van der Waals surface area contributed by atoms with Crippen LogP contribution in [0, 0.1) is 0 Å². The van der Waals surface area contributed by atoms with Gasteiger partial charge in [0.05, 0.1) is 17.7 Å². The minimum Gasteiger partial charge on any atom is -0.465 e. The number of carboxylic acid groups (broad SMARTS) is 1. The molecule has 9 nitrogen and oxygen atoms in total. The Morgan fingerprint density at radius 1 is 1.06 bits per heavy atom. The molecule has 0 unspecified atom stereocenters. The molecular formula is C26H30N4O5. The molecule has 9 heteroatoms. The van der Waals surface area contributed by atoms with Crippen molar-refractivity contribution >= 4 is 34.6 Å². The first-order valence-electron chi connectivity index (χ1n) is 11.8. The van der Waals surface area contributed by atoms with E-state index in [-0.39, 0.29) is 24.0 Å². The Hall–Kier alpha value is -3.85. The van der Waals surface area contributed by atoms with Gasteiger partial charge in [-0.05, 0) is 68.5 Å². The van der Waals surface area contributed by atoms with Gasteiger partial charge in [0.2, 0.25) is 0 Å². The van der Waals surface area contributed by atoms with E-state index in [1.165, 1.54) is 0 Å². The van der Waals surface area contributed by atoms with Crippen LogP contribution in [0.3, 0.4) is 0 Å². The maximum atomic E-state index is 13.3. The van der Waals surface area contributed by atoms with E-state index >= 15 is 0 Å². The molecule has 2 aromatic carbocycles. The molecule has 1 saturated carbocycles. The summed E-state index contributed by atoms with van der Waals surface area (Å²) in [6.07, 6.45) is 2.28. The van der Waals surface area contributed by atoms with E-state index in [9.17, 15) is 14.4 Å². The molecule has 1 aromatic heterocycles. The molecule has 0 aliphatic heterocycles. The molecule has 1 aliphatic carbocycles. The molecule has 0 radical (unpaired) electrons. The summed E-state index contributed by atoms with van der Waals surface area (Å²) in [5.74, 6) is -0.570. The molecule has 1 heterocycles. The zero-order chi connectivity index (χ0) is 24.9. The molecule has 1 aliphatic rings. The fourth-order valence-corrected chi connectivity index (χ4v) is 4.48. The Labute approximate surface area is 203 Å². The average molecular weight is 479 g/mol. The number of nitrogens with two attached hydrogens (primary N) is 1. The van der Waals surface area contributed by atoms with E-state index in [1.54, 1.807) is 37.3 Å². The van der Waals surface area contributed by atoms with Gasteiger partial charge in [0.25, 0.3) is 5.91 Å². The van der Waals surface area contributed by atoms with Gasteiger partial charge < -0.3 is 25.5 Å². The molecule has 184 valence electrons. The van der Waals surface area contributed by atoms with Gasteiger partial charge >= 0.3 is 12.1 Å². The Morgan fingerprint density at radius 3 is 2.43 bits per heavy atom. The molecular weight excluding hydrogens is 448 g/mol. The Balaban J connectivity index is 1.66. The van der Waals surface area contributed by atoms with Crippen LogP contribution in [0.1, 0.15) is 59.0 Å². The second-order valence-corrected chi connectivity index (χ2v) is 8.82. The number of nitrogens with one attached hydrogen (secondary N) is 2. The highest BCUT2D eigenvalue weighted by Gasteiger charge is 2.23. The zero-order valence-electron chi connectivity index (χ0n) is 19.6. The summed E-state index contributed by atoms with van der Waals surface area (Å²) < 4.78 is 6.91. The third-order valence-corrected chi connectivity index (χ3v) is 6.30. The summed E-state index contributed by atoms with van der Waals surface area (Å²) in [5, 5.41) is 15.4. The number of carbonyl (C=O) groups is 3. The van der Waals surface area contributed by atoms with Gasteiger partial charge in [0, 0.05) is 29.7 Å². The number of nitrogens with zero attached hydrogens (tertiary/aromatic N) is 1. The van der Waals surface area contributed by atoms with Crippen molar-refractivity contribution in [2.45, 2.75) is 51.2 Å². The maximum Gasteiger partial charge on any atom is 0.409 e. The number of benzene rings is 2. The number of hydrogen-bond donors (Lipinski definition) is 4. The Kier molecular flexibility index (Phi) is 7.36. The smallest absolute Gasteiger partial charge is 0.409 e. The molecule has 0 saturated heterocycles. The maximum absolute atomic E-state index is 13.3. The zero-order valence-corrected chi connectivity index (χ0v) is 19.6. The van der Waals surface area contributed by atoms with Crippen LogP contribution in [0.5, 0.6) is 0 Å². The molecule has 5 N–H and O–H groups in total. The SMILES string of the molecule is CCOC(=O)c1ccc(Cn2c(C(=O)NC3CCC(N)CC3)cc3ccc(NC(=O)O)cc32)cc1. The predicted octanol–water partition coefficient (Wildman–Crippen LogP) is 3.96. The standard InChI is InChI=1S/C26H30N4O5/c1-2-35-25(32)17-5-3-16(4-6-17)15-30-22-14-21(29-26(33)34)10-7-18(22)13-23(30)24(31)28-20-11-8-19(27)9-12-20/h3-7,10,13-14,19-20,29H,2,8-9,11-12,15,27H2,1H3,(H,28,31)(H,33,34). The Bertz CT molecular complexity index is 1230. The average Bonchev–Trinajstić information content (AvgIpc) is 3.18. The van der Waals surface area contributed by atoms with Gasteiger partial charge in [0.1, 0.15) is 5.69 Å². The van der Waals surface area contributed by atoms with E-state index in [4.69, 9.17) is 15.6 Å². The Morgan fingerprint density at radius 2 is 1.77 bits per heavy atom. The third kappa shape index (κ3) is 5.81. The van der Waals surface area contributed by atoms with Gasteiger partial charge in [-0.2, -0.15) is 0 Å². The quantitative estimate of drug-likeness (QED) is 0.380. The normalized spacial score (nSPS) is 17.7. The molecule has 35 heavy (non-hydrogen) atoms. The van der Waals surface area contributed by atoms with E-state index < -0.39 is 6.09 Å². The van der Waals surface area contributed by atoms with Crippen molar-refractivity contribution in [1.29, 1.82) is 0 Å². The lowest BCUT2D eigenvalue weighted by molar-refractivity contribution is 0.0526. The summed E-state index contributed by atoms with van der Waals surface area (Å²) in [6.45, 7) is 2.42. The first kappa shape index (κ1) is 24.3. The number of carbonyl (C=O) groups excluding carboxylic acids is 2. The van der Waals surface area contributed by atoms with Crippen LogP contribution < -0.4 is 16.4 Å². The number of ether oxygens (including phenoxy) is 1. The second-order valence-electron chi connectivity index (χ2n) is 8.82. The van der Waals surface area contributed by atoms with Crippen molar-refractivity contribution in [1.82, 2.24) is 9.88 Å². The summed E-state index contributed by atoms with van der Waals surface area (Å²) >= 11 is 0. The third-order valence-electron chi connectivity index (χ3n) is 6.30. The molecule has 0 spiro atoms. The number of anilines is 1. The topological polar surface area (TPSA) is 136 Å². The summed E-state index contributed by atoms with van der Waals surface area (Å²) in [7, 11) is 0. The van der Waals surface area contributed by atoms with Gasteiger partial charge in [0.15, 0.2) is 0 Å². The van der Waals surface area contributed by atoms with Gasteiger partial charge in [-0.3, -0.25) is 10.1 Å². The highest BCUT2D eigenvalue weighted by atomic mass is 16.5. The van der Waals surface area contributed by atoms with Crippen LogP contribution >= 0.6 is 0 Å². The van der Waals surface area contributed by atoms with Crippen LogP contribution in [-0.4, -0.2) is 46.3 Å². The number of rotatable bonds is 7. The van der Waals surface area contributed by atoms with E-state index in [2.05, 4.69) is 10.6 Å². The van der Waals surface area contributed by atoms with Gasteiger partial charge in [-0.1, -0.05) is 18.2 Å². The predicted molar refractivity (Wildman–Crippen MR) is 133 cm³/mol. The lowest BCUT2D eigenvalue weighted by atomic mass is 9.92. The van der Waals surface area contributed by atoms with Crippen LogP contribution in [0.25, 0.3) is 10.9 Å². The first-order valence-corrected chi connectivity index (χ1v) is 11.8. The van der Waals surface area contributed by atoms with Gasteiger partial charge in [-0.15, -0.1) is 0 Å². The van der Waals surface area contributed by atoms with Crippen molar-refractivity contribution in [3.63, 3.8) is 0 Å². The molecule has 4 rings (SSSR count). The lowest BCUT2D eigenvalue weighted by Gasteiger charge is -2.27. The molecule has 1 fully saturated rings. The first-order chi connectivity index (χ1) is 16.8. The number of hydrogen-bond acceptors (Lipinski definition) is 5. The van der Waals surface area contributed by atoms with E-state index in [0.29, 0.717) is 30.1 Å². The highest BCUT2D eigenvalue weighted by Crippen LogP contribution is 2.26. The lowest BCUT2D eigenvalue weighted by Crippen LogP contribution is -2.41. The molecule has 3 aromatic rings. The molecule has 0 atom stereocenters.